The highest BCUT2D eigenvalue weighted by Gasteiger charge is 2.18. The molecule has 0 aromatic carbocycles. The molecule has 1 saturated heterocycles. The Bertz CT molecular complexity index is 98.3. The minimum atomic E-state index is 0.193. The molecule has 1 aliphatic heterocycles. The summed E-state index contributed by atoms with van der Waals surface area (Å²) in [6, 6.07) is 0. The van der Waals surface area contributed by atoms with E-state index in [1.54, 1.807) is 0 Å². The van der Waals surface area contributed by atoms with Gasteiger partial charge in [0, 0.05) is 0 Å². The first-order valence-corrected chi connectivity index (χ1v) is 4.31. The summed E-state index contributed by atoms with van der Waals surface area (Å²) in [4.78, 5) is 2.26. The van der Waals surface area contributed by atoms with E-state index >= 15 is 0 Å². The predicted molar refractivity (Wildman–Crippen MR) is 43.5 cm³/mol. The molecule has 1 aliphatic rings. The standard InChI is InChI=1S/C8H17NO2/c1-3-9(4-2)8-7-10-5-6-11-8/h8H,3-7H2,1-2H3. The van der Waals surface area contributed by atoms with Crippen molar-refractivity contribution in [3.63, 3.8) is 0 Å². The fourth-order valence-electron chi connectivity index (χ4n) is 1.32. The molecule has 0 saturated carbocycles. The zero-order valence-electron chi connectivity index (χ0n) is 7.38. The van der Waals surface area contributed by atoms with E-state index in [2.05, 4.69) is 18.7 Å². The van der Waals surface area contributed by atoms with Crippen LogP contribution in [0.25, 0.3) is 0 Å². The lowest BCUT2D eigenvalue weighted by Crippen LogP contribution is -2.43. The van der Waals surface area contributed by atoms with Gasteiger partial charge in [0.05, 0.1) is 19.8 Å². The van der Waals surface area contributed by atoms with Gasteiger partial charge in [0.25, 0.3) is 0 Å². The third-order valence-electron chi connectivity index (χ3n) is 2.02. The molecule has 1 heterocycles. The van der Waals surface area contributed by atoms with Gasteiger partial charge in [-0.3, -0.25) is 4.90 Å². The van der Waals surface area contributed by atoms with E-state index in [4.69, 9.17) is 9.47 Å². The highest BCUT2D eigenvalue weighted by Crippen LogP contribution is 2.05. The molecule has 66 valence electrons. The Hall–Kier alpha value is -0.120. The molecular formula is C8H17NO2. The SMILES string of the molecule is CCN(CC)C1COCCO1. The number of ether oxygens (including phenoxy) is 2. The normalized spacial score (nSPS) is 25.9. The van der Waals surface area contributed by atoms with Crippen LogP contribution in [0.15, 0.2) is 0 Å². The molecule has 1 unspecified atom stereocenters. The van der Waals surface area contributed by atoms with Crippen LogP contribution in [0.3, 0.4) is 0 Å². The fourth-order valence-corrected chi connectivity index (χ4v) is 1.32. The minimum Gasteiger partial charge on any atom is -0.375 e. The molecular weight excluding hydrogens is 142 g/mol. The van der Waals surface area contributed by atoms with Crippen LogP contribution in [0.5, 0.6) is 0 Å². The van der Waals surface area contributed by atoms with Crippen molar-refractivity contribution in [1.82, 2.24) is 4.90 Å². The first-order valence-electron chi connectivity index (χ1n) is 4.31. The summed E-state index contributed by atoms with van der Waals surface area (Å²) in [5.74, 6) is 0. The molecule has 0 amide bonds. The number of nitrogens with zero attached hydrogens (tertiary/aromatic N) is 1. The third-order valence-corrected chi connectivity index (χ3v) is 2.02. The van der Waals surface area contributed by atoms with Crippen molar-refractivity contribution >= 4 is 0 Å². The van der Waals surface area contributed by atoms with Crippen LogP contribution in [0, 0.1) is 0 Å². The number of rotatable bonds is 3. The second-order valence-electron chi connectivity index (χ2n) is 2.62. The molecule has 1 fully saturated rings. The maximum atomic E-state index is 5.52. The van der Waals surface area contributed by atoms with E-state index in [0.29, 0.717) is 0 Å². The average molecular weight is 159 g/mol. The van der Waals surface area contributed by atoms with Gasteiger partial charge in [0.2, 0.25) is 0 Å². The smallest absolute Gasteiger partial charge is 0.134 e. The summed E-state index contributed by atoms with van der Waals surface area (Å²) in [6.45, 7) is 8.55. The van der Waals surface area contributed by atoms with Gasteiger partial charge >= 0.3 is 0 Å². The van der Waals surface area contributed by atoms with E-state index in [9.17, 15) is 0 Å². The number of hydrogen-bond acceptors (Lipinski definition) is 3. The maximum Gasteiger partial charge on any atom is 0.134 e. The van der Waals surface area contributed by atoms with Gasteiger partial charge in [0.15, 0.2) is 0 Å². The van der Waals surface area contributed by atoms with Crippen molar-refractivity contribution in [3.8, 4) is 0 Å². The van der Waals surface area contributed by atoms with Crippen LogP contribution >= 0.6 is 0 Å². The molecule has 3 nitrogen and oxygen atoms in total. The summed E-state index contributed by atoms with van der Waals surface area (Å²) >= 11 is 0. The molecule has 0 spiro atoms. The Labute approximate surface area is 68.3 Å². The summed E-state index contributed by atoms with van der Waals surface area (Å²) in [5.41, 5.74) is 0. The van der Waals surface area contributed by atoms with Gasteiger partial charge in [-0.05, 0) is 13.1 Å². The average Bonchev–Trinajstić information content (AvgIpc) is 2.09. The second kappa shape index (κ2) is 4.70. The molecule has 11 heavy (non-hydrogen) atoms. The van der Waals surface area contributed by atoms with Crippen LogP contribution in [0.1, 0.15) is 13.8 Å². The van der Waals surface area contributed by atoms with Crippen molar-refractivity contribution in [2.24, 2.45) is 0 Å². The Morgan fingerprint density at radius 1 is 1.27 bits per heavy atom. The molecule has 1 atom stereocenters. The quantitative estimate of drug-likeness (QED) is 0.605. The zero-order valence-corrected chi connectivity index (χ0v) is 7.38. The van der Waals surface area contributed by atoms with Gasteiger partial charge in [-0.15, -0.1) is 0 Å². The second-order valence-corrected chi connectivity index (χ2v) is 2.62. The van der Waals surface area contributed by atoms with E-state index in [0.717, 1.165) is 32.9 Å². The van der Waals surface area contributed by atoms with Crippen LogP contribution in [-0.4, -0.2) is 44.0 Å². The molecule has 0 N–H and O–H groups in total. The highest BCUT2D eigenvalue weighted by atomic mass is 16.6. The molecule has 0 aromatic heterocycles. The Morgan fingerprint density at radius 3 is 2.45 bits per heavy atom. The minimum absolute atomic E-state index is 0.193. The number of hydrogen-bond donors (Lipinski definition) is 0. The molecule has 3 heteroatoms. The number of likely N-dealkylation sites (N-methyl/N-ethyl adjacent to an activating group) is 1. The third kappa shape index (κ3) is 2.43. The van der Waals surface area contributed by atoms with E-state index in [-0.39, 0.29) is 6.23 Å². The topological polar surface area (TPSA) is 21.7 Å². The van der Waals surface area contributed by atoms with Gasteiger partial charge in [-0.25, -0.2) is 0 Å². The van der Waals surface area contributed by atoms with E-state index < -0.39 is 0 Å². The largest absolute Gasteiger partial charge is 0.375 e. The van der Waals surface area contributed by atoms with Gasteiger partial charge in [-0.1, -0.05) is 13.8 Å². The molecule has 1 rings (SSSR count). The van der Waals surface area contributed by atoms with Crippen LogP contribution < -0.4 is 0 Å². The lowest BCUT2D eigenvalue weighted by Gasteiger charge is -2.32. The van der Waals surface area contributed by atoms with Crippen LogP contribution in [0.2, 0.25) is 0 Å². The van der Waals surface area contributed by atoms with Crippen molar-refractivity contribution < 1.29 is 9.47 Å². The monoisotopic (exact) mass is 159 g/mol. The summed E-state index contributed by atoms with van der Waals surface area (Å²) in [7, 11) is 0. The Kier molecular flexibility index (Phi) is 3.83. The highest BCUT2D eigenvalue weighted by molar-refractivity contribution is 4.61. The van der Waals surface area contributed by atoms with Crippen LogP contribution in [0.4, 0.5) is 0 Å². The summed E-state index contributed by atoms with van der Waals surface area (Å²) in [5, 5.41) is 0. The first-order chi connectivity index (χ1) is 5.38. The van der Waals surface area contributed by atoms with Gasteiger partial charge in [0.1, 0.15) is 6.23 Å². The maximum absolute atomic E-state index is 5.52. The lowest BCUT2D eigenvalue weighted by atomic mass is 10.4. The van der Waals surface area contributed by atoms with Gasteiger partial charge < -0.3 is 9.47 Å². The Morgan fingerprint density at radius 2 is 2.00 bits per heavy atom. The lowest BCUT2D eigenvalue weighted by molar-refractivity contribution is -0.151. The van der Waals surface area contributed by atoms with Crippen molar-refractivity contribution in [2.75, 3.05) is 32.9 Å². The first kappa shape index (κ1) is 8.97. The molecule has 0 bridgehead atoms. The van der Waals surface area contributed by atoms with E-state index in [1.807, 2.05) is 0 Å². The molecule has 0 radical (unpaired) electrons. The fraction of sp³-hybridized carbons (Fsp3) is 1.00. The van der Waals surface area contributed by atoms with Crippen molar-refractivity contribution in [3.05, 3.63) is 0 Å². The zero-order chi connectivity index (χ0) is 8.10. The Balaban J connectivity index is 2.30. The molecule has 0 aliphatic carbocycles. The summed E-state index contributed by atoms with van der Waals surface area (Å²) < 4.78 is 10.8. The van der Waals surface area contributed by atoms with Crippen LogP contribution in [-0.2, 0) is 9.47 Å². The summed E-state index contributed by atoms with van der Waals surface area (Å²) in [6.07, 6.45) is 0.193. The van der Waals surface area contributed by atoms with Crippen molar-refractivity contribution in [1.29, 1.82) is 0 Å². The van der Waals surface area contributed by atoms with Crippen molar-refractivity contribution in [2.45, 2.75) is 20.1 Å². The predicted octanol–water partition coefficient (Wildman–Crippen LogP) is 0.701. The van der Waals surface area contributed by atoms with Gasteiger partial charge in [-0.2, -0.15) is 0 Å². The molecule has 0 aromatic rings. The van der Waals surface area contributed by atoms with E-state index in [1.165, 1.54) is 0 Å².